The Labute approximate surface area is 145 Å². The lowest BCUT2D eigenvalue weighted by atomic mass is 10.2. The Balaban J connectivity index is 1.79. The maximum Gasteiger partial charge on any atom is 0.256 e. The number of hydrogen-bond acceptors (Lipinski definition) is 3. The number of imidazole rings is 1. The van der Waals surface area contributed by atoms with Gasteiger partial charge < -0.3 is 9.88 Å². The van der Waals surface area contributed by atoms with Crippen molar-refractivity contribution in [3.8, 4) is 5.69 Å². The van der Waals surface area contributed by atoms with Crippen LogP contribution in [0, 0.1) is 6.92 Å². The first-order valence-corrected chi connectivity index (χ1v) is 8.01. The number of carbonyl (C=O) groups excluding carboxylic acids is 1. The summed E-state index contributed by atoms with van der Waals surface area (Å²) in [6.45, 7) is 4.35. The van der Waals surface area contributed by atoms with Crippen molar-refractivity contribution in [1.82, 2.24) is 24.6 Å². The van der Waals surface area contributed by atoms with E-state index in [0.717, 1.165) is 5.69 Å². The molecule has 0 aliphatic rings. The highest BCUT2D eigenvalue weighted by molar-refractivity contribution is 6.33. The van der Waals surface area contributed by atoms with Crippen molar-refractivity contribution in [3.05, 3.63) is 65.5 Å². The number of amides is 1. The van der Waals surface area contributed by atoms with E-state index in [0.29, 0.717) is 23.0 Å². The summed E-state index contributed by atoms with van der Waals surface area (Å²) in [7, 11) is 0. The number of aryl methyl sites for hydroxylation is 1. The molecule has 1 atom stereocenters. The predicted molar refractivity (Wildman–Crippen MR) is 92.5 cm³/mol. The summed E-state index contributed by atoms with van der Waals surface area (Å²) in [6.07, 6.45) is 5.28. The average Bonchev–Trinajstić information content (AvgIpc) is 3.15. The molecule has 0 bridgehead atoms. The summed E-state index contributed by atoms with van der Waals surface area (Å²) >= 11 is 6.41. The van der Waals surface area contributed by atoms with E-state index in [9.17, 15) is 4.79 Å². The van der Waals surface area contributed by atoms with Crippen LogP contribution in [-0.2, 0) is 6.54 Å². The lowest BCUT2D eigenvalue weighted by Crippen LogP contribution is -2.35. The zero-order valence-corrected chi connectivity index (χ0v) is 14.2. The minimum atomic E-state index is -0.229. The number of nitrogens with one attached hydrogen (secondary N) is 1. The number of benzene rings is 1. The molecule has 0 aliphatic heterocycles. The standard InChI is InChI=1S/C17H18ClN5O/c1-12(10-22-9-8-19-11-22)20-17(24)15-13(2)21-23(16(15)18)14-6-4-3-5-7-14/h3-9,11-12H,10H2,1-2H3,(H,20,24)/t12-/m1/s1. The summed E-state index contributed by atoms with van der Waals surface area (Å²) in [4.78, 5) is 16.6. The van der Waals surface area contributed by atoms with Gasteiger partial charge in [-0.1, -0.05) is 29.8 Å². The van der Waals surface area contributed by atoms with Crippen LogP contribution in [0.25, 0.3) is 5.69 Å². The molecule has 2 aromatic heterocycles. The third kappa shape index (κ3) is 3.33. The van der Waals surface area contributed by atoms with E-state index < -0.39 is 0 Å². The number of rotatable bonds is 5. The lowest BCUT2D eigenvalue weighted by molar-refractivity contribution is 0.0936. The summed E-state index contributed by atoms with van der Waals surface area (Å²) in [5.74, 6) is -0.229. The van der Waals surface area contributed by atoms with Crippen LogP contribution in [0.2, 0.25) is 5.15 Å². The second-order valence-electron chi connectivity index (χ2n) is 5.63. The number of carbonyl (C=O) groups is 1. The molecule has 1 aromatic carbocycles. The first kappa shape index (κ1) is 16.3. The summed E-state index contributed by atoms with van der Waals surface area (Å²) in [5.41, 5.74) is 1.81. The van der Waals surface area contributed by atoms with E-state index in [2.05, 4.69) is 15.4 Å². The SMILES string of the molecule is Cc1nn(-c2ccccc2)c(Cl)c1C(=O)N[C@H](C)Cn1ccnc1. The molecule has 0 saturated heterocycles. The quantitative estimate of drug-likeness (QED) is 0.774. The highest BCUT2D eigenvalue weighted by atomic mass is 35.5. The van der Waals surface area contributed by atoms with E-state index in [1.807, 2.05) is 48.0 Å². The fourth-order valence-corrected chi connectivity index (χ4v) is 2.91. The molecule has 2 heterocycles. The van der Waals surface area contributed by atoms with Crippen molar-refractivity contribution < 1.29 is 4.79 Å². The van der Waals surface area contributed by atoms with Gasteiger partial charge in [-0.3, -0.25) is 4.79 Å². The van der Waals surface area contributed by atoms with E-state index in [1.165, 1.54) is 0 Å². The van der Waals surface area contributed by atoms with Crippen LogP contribution >= 0.6 is 11.6 Å². The Morgan fingerprint density at radius 1 is 1.33 bits per heavy atom. The van der Waals surface area contributed by atoms with Gasteiger partial charge in [0, 0.05) is 25.0 Å². The molecule has 24 heavy (non-hydrogen) atoms. The Bertz CT molecular complexity index is 826. The van der Waals surface area contributed by atoms with Gasteiger partial charge in [0.25, 0.3) is 5.91 Å². The average molecular weight is 344 g/mol. The van der Waals surface area contributed by atoms with Crippen molar-refractivity contribution in [2.24, 2.45) is 0 Å². The number of hydrogen-bond donors (Lipinski definition) is 1. The Morgan fingerprint density at radius 3 is 2.75 bits per heavy atom. The normalized spacial score (nSPS) is 12.1. The topological polar surface area (TPSA) is 64.7 Å². The summed E-state index contributed by atoms with van der Waals surface area (Å²) in [5, 5.41) is 7.66. The van der Waals surface area contributed by atoms with Crippen LogP contribution in [0.15, 0.2) is 49.1 Å². The zero-order valence-electron chi connectivity index (χ0n) is 13.5. The number of nitrogens with zero attached hydrogens (tertiary/aromatic N) is 4. The zero-order chi connectivity index (χ0) is 17.1. The summed E-state index contributed by atoms with van der Waals surface area (Å²) < 4.78 is 3.49. The van der Waals surface area contributed by atoms with Crippen molar-refractivity contribution in [2.75, 3.05) is 0 Å². The van der Waals surface area contributed by atoms with Crippen LogP contribution in [0.3, 0.4) is 0 Å². The van der Waals surface area contributed by atoms with Crippen LogP contribution in [0.4, 0.5) is 0 Å². The predicted octanol–water partition coefficient (Wildman–Crippen LogP) is 2.85. The van der Waals surface area contributed by atoms with Gasteiger partial charge in [-0.05, 0) is 26.0 Å². The largest absolute Gasteiger partial charge is 0.348 e. The maximum atomic E-state index is 12.6. The molecular formula is C17H18ClN5O. The van der Waals surface area contributed by atoms with Gasteiger partial charge in [0.05, 0.1) is 23.3 Å². The van der Waals surface area contributed by atoms with Crippen molar-refractivity contribution in [2.45, 2.75) is 26.4 Å². The van der Waals surface area contributed by atoms with Crippen molar-refractivity contribution in [1.29, 1.82) is 0 Å². The van der Waals surface area contributed by atoms with Crippen LogP contribution in [0.1, 0.15) is 23.0 Å². The third-order valence-corrected chi connectivity index (χ3v) is 4.00. The molecular weight excluding hydrogens is 326 g/mol. The van der Waals surface area contributed by atoms with Crippen LogP contribution < -0.4 is 5.32 Å². The smallest absolute Gasteiger partial charge is 0.256 e. The van der Waals surface area contributed by atoms with Gasteiger partial charge >= 0.3 is 0 Å². The molecule has 0 unspecified atom stereocenters. The molecule has 0 aliphatic carbocycles. The second-order valence-corrected chi connectivity index (χ2v) is 5.99. The van der Waals surface area contributed by atoms with Gasteiger partial charge in [0.2, 0.25) is 0 Å². The number of para-hydroxylation sites is 1. The van der Waals surface area contributed by atoms with Gasteiger partial charge in [-0.15, -0.1) is 0 Å². The molecule has 0 fully saturated rings. The summed E-state index contributed by atoms with van der Waals surface area (Å²) in [6, 6.07) is 9.43. The number of aromatic nitrogens is 4. The lowest BCUT2D eigenvalue weighted by Gasteiger charge is -2.14. The Hall–Kier alpha value is -2.60. The first-order valence-electron chi connectivity index (χ1n) is 7.63. The van der Waals surface area contributed by atoms with Gasteiger partial charge in [0.1, 0.15) is 5.15 Å². The van der Waals surface area contributed by atoms with Crippen LogP contribution in [0.5, 0.6) is 0 Å². The Morgan fingerprint density at radius 2 is 2.08 bits per heavy atom. The molecule has 0 radical (unpaired) electrons. The van der Waals surface area contributed by atoms with E-state index >= 15 is 0 Å². The monoisotopic (exact) mass is 343 g/mol. The minimum Gasteiger partial charge on any atom is -0.348 e. The fraction of sp³-hybridized carbons (Fsp3) is 0.235. The van der Waals surface area contributed by atoms with Gasteiger partial charge in [0.15, 0.2) is 0 Å². The third-order valence-electron chi connectivity index (χ3n) is 3.65. The molecule has 0 spiro atoms. The fourth-order valence-electron chi connectivity index (χ4n) is 2.55. The highest BCUT2D eigenvalue weighted by Crippen LogP contribution is 2.23. The molecule has 1 amide bonds. The molecule has 7 heteroatoms. The van der Waals surface area contributed by atoms with E-state index in [4.69, 9.17) is 11.6 Å². The van der Waals surface area contributed by atoms with Gasteiger partial charge in [-0.2, -0.15) is 5.10 Å². The molecule has 6 nitrogen and oxygen atoms in total. The second kappa shape index (κ2) is 6.88. The Kier molecular flexibility index (Phi) is 4.66. The minimum absolute atomic E-state index is 0.0674. The maximum absolute atomic E-state index is 12.6. The van der Waals surface area contributed by atoms with Gasteiger partial charge in [-0.25, -0.2) is 9.67 Å². The molecule has 0 saturated carbocycles. The molecule has 3 aromatic rings. The van der Waals surface area contributed by atoms with E-state index in [-0.39, 0.29) is 11.9 Å². The first-order chi connectivity index (χ1) is 11.6. The van der Waals surface area contributed by atoms with Crippen LogP contribution in [-0.4, -0.2) is 31.3 Å². The van der Waals surface area contributed by atoms with Crippen molar-refractivity contribution >= 4 is 17.5 Å². The van der Waals surface area contributed by atoms with Crippen molar-refractivity contribution in [3.63, 3.8) is 0 Å². The number of halogens is 1. The highest BCUT2D eigenvalue weighted by Gasteiger charge is 2.22. The van der Waals surface area contributed by atoms with E-state index in [1.54, 1.807) is 24.1 Å². The molecule has 1 N–H and O–H groups in total. The molecule has 124 valence electrons. The molecule has 3 rings (SSSR count).